The van der Waals surface area contributed by atoms with Gasteiger partial charge in [0.05, 0.1) is 5.41 Å². The van der Waals surface area contributed by atoms with Crippen LogP contribution >= 0.6 is 0 Å². The third-order valence-corrected chi connectivity index (χ3v) is 12.5. The highest BCUT2D eigenvalue weighted by molar-refractivity contribution is 6.19. The number of rotatable bonds is 1. The van der Waals surface area contributed by atoms with Crippen molar-refractivity contribution < 1.29 is 9.15 Å². The van der Waals surface area contributed by atoms with Crippen LogP contribution in [0.3, 0.4) is 0 Å². The summed E-state index contributed by atoms with van der Waals surface area (Å²) in [5.74, 6) is 1.86. The molecule has 1 spiro atoms. The van der Waals surface area contributed by atoms with Crippen molar-refractivity contribution in [1.82, 2.24) is 0 Å². The van der Waals surface area contributed by atoms with Gasteiger partial charge in [0.15, 0.2) is 0 Å². The highest BCUT2D eigenvalue weighted by atomic mass is 16.5. The van der Waals surface area contributed by atoms with Gasteiger partial charge in [-0.25, -0.2) is 0 Å². The minimum absolute atomic E-state index is 0.704. The predicted octanol–water partition coefficient (Wildman–Crippen LogP) is 14.3. The molecule has 10 aromatic carbocycles. The highest BCUT2D eigenvalue weighted by Gasteiger charge is 2.53. The molecule has 2 heterocycles. The zero-order valence-corrected chi connectivity index (χ0v) is 29.6. The molecule has 1 aromatic heterocycles. The van der Waals surface area contributed by atoms with Crippen LogP contribution in [0.4, 0.5) is 0 Å². The first-order chi connectivity index (χ1) is 27.3. The second-order valence-electron chi connectivity index (χ2n) is 15.1. The molecule has 2 nitrogen and oxygen atoms in total. The van der Waals surface area contributed by atoms with Crippen molar-refractivity contribution in [3.05, 3.63) is 204 Å². The first-order valence-corrected chi connectivity index (χ1v) is 19.0. The fraction of sp³-hybridized carbons (Fsp3) is 0.0189. The van der Waals surface area contributed by atoms with Crippen molar-refractivity contribution >= 4 is 65.0 Å². The zero-order chi connectivity index (χ0) is 35.8. The van der Waals surface area contributed by atoms with Gasteiger partial charge < -0.3 is 9.15 Å². The molecule has 0 radical (unpaired) electrons. The van der Waals surface area contributed by atoms with Gasteiger partial charge in [0.25, 0.3) is 0 Å². The maximum absolute atomic E-state index is 7.52. The summed E-state index contributed by atoms with van der Waals surface area (Å²) >= 11 is 0. The topological polar surface area (TPSA) is 22.4 Å². The van der Waals surface area contributed by atoms with E-state index in [1.807, 2.05) is 12.1 Å². The van der Waals surface area contributed by atoms with Crippen molar-refractivity contribution in [2.45, 2.75) is 5.41 Å². The normalized spacial score (nSPS) is 13.7. The van der Waals surface area contributed by atoms with Crippen LogP contribution in [0.1, 0.15) is 22.3 Å². The number of fused-ring (bicyclic) bond motifs is 22. The van der Waals surface area contributed by atoms with Crippen LogP contribution in [-0.4, -0.2) is 0 Å². The van der Waals surface area contributed by atoms with Crippen molar-refractivity contribution in [3.8, 4) is 33.8 Å². The van der Waals surface area contributed by atoms with E-state index >= 15 is 0 Å². The van der Waals surface area contributed by atoms with E-state index < -0.39 is 5.41 Å². The lowest BCUT2D eigenvalue weighted by Crippen LogP contribution is -2.33. The Balaban J connectivity index is 1.25. The molecule has 55 heavy (non-hydrogen) atoms. The van der Waals surface area contributed by atoms with E-state index in [0.717, 1.165) is 49.8 Å². The van der Waals surface area contributed by atoms with E-state index in [0.29, 0.717) is 0 Å². The molecule has 0 atom stereocenters. The molecule has 0 N–H and O–H groups in total. The summed E-state index contributed by atoms with van der Waals surface area (Å²) in [6.07, 6.45) is 0. The second-order valence-corrected chi connectivity index (χ2v) is 15.1. The Kier molecular flexibility index (Phi) is 5.59. The average molecular weight is 699 g/mol. The van der Waals surface area contributed by atoms with Crippen LogP contribution in [-0.2, 0) is 5.41 Å². The molecular formula is C53H30O2. The van der Waals surface area contributed by atoms with Gasteiger partial charge in [0.1, 0.15) is 22.7 Å². The maximum Gasteiger partial charge on any atom is 0.140 e. The molecule has 0 saturated heterocycles. The predicted molar refractivity (Wildman–Crippen MR) is 227 cm³/mol. The zero-order valence-electron chi connectivity index (χ0n) is 29.6. The molecule has 13 rings (SSSR count). The van der Waals surface area contributed by atoms with E-state index in [1.165, 1.54) is 71.3 Å². The lowest BCUT2D eigenvalue weighted by Gasteiger charge is -2.42. The summed E-state index contributed by atoms with van der Waals surface area (Å²) in [6, 6.07) is 66.6. The van der Waals surface area contributed by atoms with Gasteiger partial charge in [0, 0.05) is 32.7 Å². The van der Waals surface area contributed by atoms with Crippen LogP contribution in [0.2, 0.25) is 0 Å². The molecule has 0 saturated carbocycles. The Hall–Kier alpha value is -7.16. The summed E-state index contributed by atoms with van der Waals surface area (Å²) in [7, 11) is 0. The Morgan fingerprint density at radius 2 is 0.764 bits per heavy atom. The summed E-state index contributed by atoms with van der Waals surface area (Å²) in [5.41, 5.74) is 10.9. The van der Waals surface area contributed by atoms with E-state index in [1.54, 1.807) is 0 Å². The lowest BCUT2D eigenvalue weighted by molar-refractivity contribution is 0.451. The van der Waals surface area contributed by atoms with E-state index in [4.69, 9.17) is 9.15 Å². The van der Waals surface area contributed by atoms with Gasteiger partial charge in [-0.3, -0.25) is 0 Å². The molecule has 2 heteroatoms. The van der Waals surface area contributed by atoms with Crippen molar-refractivity contribution in [2.24, 2.45) is 0 Å². The maximum atomic E-state index is 7.52. The van der Waals surface area contributed by atoms with Gasteiger partial charge in [-0.05, 0) is 90.0 Å². The second kappa shape index (κ2) is 10.5. The fourth-order valence-corrected chi connectivity index (χ4v) is 10.3. The monoisotopic (exact) mass is 698 g/mol. The Labute approximate surface area is 316 Å². The van der Waals surface area contributed by atoms with Crippen LogP contribution in [0, 0.1) is 0 Å². The van der Waals surface area contributed by atoms with Gasteiger partial charge in [0.2, 0.25) is 0 Å². The molecule has 0 bridgehead atoms. The molecule has 11 aromatic rings. The van der Waals surface area contributed by atoms with E-state index in [-0.39, 0.29) is 0 Å². The largest absolute Gasteiger partial charge is 0.456 e. The molecule has 0 unspecified atom stereocenters. The Morgan fingerprint density at radius 1 is 0.309 bits per heavy atom. The molecule has 0 fully saturated rings. The third-order valence-electron chi connectivity index (χ3n) is 12.5. The van der Waals surface area contributed by atoms with Gasteiger partial charge >= 0.3 is 0 Å². The number of furan rings is 1. The summed E-state index contributed by atoms with van der Waals surface area (Å²) in [5, 5.41) is 11.8. The Bertz CT molecular complexity index is 3350. The smallest absolute Gasteiger partial charge is 0.140 e. The summed E-state index contributed by atoms with van der Waals surface area (Å²) in [4.78, 5) is 0. The third kappa shape index (κ3) is 3.64. The number of ether oxygens (including phenoxy) is 1. The molecule has 1 aliphatic heterocycles. The Morgan fingerprint density at radius 3 is 1.42 bits per heavy atom. The number of hydrogen-bond acceptors (Lipinski definition) is 2. The van der Waals surface area contributed by atoms with E-state index in [2.05, 4.69) is 170 Å². The van der Waals surface area contributed by atoms with Crippen molar-refractivity contribution in [2.75, 3.05) is 0 Å². The van der Waals surface area contributed by atoms with Crippen LogP contribution < -0.4 is 4.74 Å². The first-order valence-electron chi connectivity index (χ1n) is 19.0. The average Bonchev–Trinajstić information content (AvgIpc) is 3.77. The van der Waals surface area contributed by atoms with Crippen LogP contribution in [0.15, 0.2) is 186 Å². The van der Waals surface area contributed by atoms with E-state index in [9.17, 15) is 0 Å². The summed E-state index contributed by atoms with van der Waals surface area (Å²) < 4.78 is 13.8. The van der Waals surface area contributed by atoms with Crippen LogP contribution in [0.5, 0.6) is 11.5 Å². The molecule has 2 aliphatic rings. The van der Waals surface area contributed by atoms with Crippen molar-refractivity contribution in [1.29, 1.82) is 0 Å². The van der Waals surface area contributed by atoms with Gasteiger partial charge in [-0.15, -0.1) is 0 Å². The highest BCUT2D eigenvalue weighted by Crippen LogP contribution is 2.67. The first kappa shape index (κ1) is 29.3. The standard InChI is InChI=1S/C53H30O2/c1-5-19-40-33(13-1)35-15-3-7-21-42(35)51-49(40)53(50-41-20-6-2-14-34(41)36-16-4-8-22-43(36)52(50)55-51)45-23-11-9-17-37(45)38-27-25-32(30-46(38)53)31-26-28-48-44(29-31)39-18-10-12-24-47(39)54-48/h1-30H. The lowest BCUT2D eigenvalue weighted by atomic mass is 9.62. The van der Waals surface area contributed by atoms with Crippen molar-refractivity contribution in [3.63, 3.8) is 0 Å². The van der Waals surface area contributed by atoms with Gasteiger partial charge in [-0.2, -0.15) is 0 Å². The molecular weight excluding hydrogens is 669 g/mol. The number of hydrogen-bond donors (Lipinski definition) is 0. The SMILES string of the molecule is c1ccc2c(c1)-c1ccc(-c3ccc4oc5ccccc5c4c3)cc1C21c2c(c3ccccc3c3ccccc23)Oc2c1c1ccccc1c1ccccc21. The number of benzene rings is 10. The van der Waals surface area contributed by atoms with Gasteiger partial charge in [-0.1, -0.05) is 158 Å². The quantitative estimate of drug-likeness (QED) is 0.159. The molecule has 254 valence electrons. The minimum Gasteiger partial charge on any atom is -0.456 e. The molecule has 0 amide bonds. The number of para-hydroxylation sites is 1. The summed E-state index contributed by atoms with van der Waals surface area (Å²) in [6.45, 7) is 0. The fourth-order valence-electron chi connectivity index (χ4n) is 10.3. The molecule has 1 aliphatic carbocycles. The minimum atomic E-state index is -0.704. The van der Waals surface area contributed by atoms with Crippen LogP contribution in [0.25, 0.3) is 87.3 Å².